The molecule has 2 atom stereocenters. The van der Waals surface area contributed by atoms with Gasteiger partial charge in [0.25, 0.3) is 0 Å². The fourth-order valence-electron chi connectivity index (χ4n) is 4.37. The monoisotopic (exact) mass is 403 g/mol. The van der Waals surface area contributed by atoms with Gasteiger partial charge in [0.15, 0.2) is 0 Å². The lowest BCUT2D eigenvalue weighted by molar-refractivity contribution is -0.137. The van der Waals surface area contributed by atoms with Crippen molar-refractivity contribution in [2.45, 2.75) is 30.3 Å². The number of amides is 2. The third-order valence-electron chi connectivity index (χ3n) is 6.03. The van der Waals surface area contributed by atoms with Crippen LogP contribution >= 0.6 is 11.8 Å². The molecule has 1 aromatic rings. The highest BCUT2D eigenvalue weighted by Crippen LogP contribution is 2.28. The van der Waals surface area contributed by atoms with Gasteiger partial charge < -0.3 is 14.5 Å². The van der Waals surface area contributed by atoms with Gasteiger partial charge in [0.2, 0.25) is 11.8 Å². The SMILES string of the molecule is CSc1ccc(N2CC(C(=O)N3CCN(CC4CCCO4)CC3)CC2=O)cc1. The third kappa shape index (κ3) is 4.36. The zero-order valence-electron chi connectivity index (χ0n) is 16.5. The molecule has 28 heavy (non-hydrogen) atoms. The molecule has 6 nitrogen and oxygen atoms in total. The number of thioether (sulfide) groups is 1. The summed E-state index contributed by atoms with van der Waals surface area (Å²) in [7, 11) is 0. The van der Waals surface area contributed by atoms with E-state index in [1.165, 1.54) is 4.90 Å². The fourth-order valence-corrected chi connectivity index (χ4v) is 4.78. The van der Waals surface area contributed by atoms with Gasteiger partial charge in [-0.2, -0.15) is 0 Å². The molecular formula is C21H29N3O3S. The molecule has 3 heterocycles. The van der Waals surface area contributed by atoms with Crippen LogP contribution in [0.1, 0.15) is 19.3 Å². The number of carbonyl (C=O) groups excluding carboxylic acids is 2. The third-order valence-corrected chi connectivity index (χ3v) is 6.77. The van der Waals surface area contributed by atoms with Gasteiger partial charge >= 0.3 is 0 Å². The predicted molar refractivity (Wildman–Crippen MR) is 111 cm³/mol. The first-order valence-corrected chi connectivity index (χ1v) is 11.4. The number of carbonyl (C=O) groups is 2. The van der Waals surface area contributed by atoms with Crippen molar-refractivity contribution in [3.63, 3.8) is 0 Å². The number of hydrogen-bond donors (Lipinski definition) is 0. The van der Waals surface area contributed by atoms with E-state index >= 15 is 0 Å². The van der Waals surface area contributed by atoms with Crippen LogP contribution in [-0.4, -0.2) is 79.8 Å². The summed E-state index contributed by atoms with van der Waals surface area (Å²) >= 11 is 1.68. The molecule has 0 radical (unpaired) electrons. The Morgan fingerprint density at radius 1 is 1.18 bits per heavy atom. The molecule has 0 aromatic heterocycles. The summed E-state index contributed by atoms with van der Waals surface area (Å²) in [6, 6.07) is 7.99. The van der Waals surface area contributed by atoms with E-state index in [9.17, 15) is 9.59 Å². The van der Waals surface area contributed by atoms with E-state index in [4.69, 9.17) is 4.74 Å². The smallest absolute Gasteiger partial charge is 0.228 e. The second-order valence-electron chi connectivity index (χ2n) is 7.86. The van der Waals surface area contributed by atoms with Crippen molar-refractivity contribution >= 4 is 29.3 Å². The molecule has 0 saturated carbocycles. The van der Waals surface area contributed by atoms with Crippen molar-refractivity contribution in [3.05, 3.63) is 24.3 Å². The van der Waals surface area contributed by atoms with Crippen LogP contribution in [0.5, 0.6) is 0 Å². The van der Waals surface area contributed by atoms with Crippen molar-refractivity contribution in [1.82, 2.24) is 9.80 Å². The van der Waals surface area contributed by atoms with Gasteiger partial charge in [-0.3, -0.25) is 14.5 Å². The number of ether oxygens (including phenoxy) is 1. The first-order valence-electron chi connectivity index (χ1n) is 10.2. The van der Waals surface area contributed by atoms with Gasteiger partial charge in [-0.05, 0) is 43.4 Å². The molecular weight excluding hydrogens is 374 g/mol. The molecule has 3 saturated heterocycles. The zero-order chi connectivity index (χ0) is 19.5. The number of piperazine rings is 1. The number of hydrogen-bond acceptors (Lipinski definition) is 5. The summed E-state index contributed by atoms with van der Waals surface area (Å²) in [5.41, 5.74) is 0.888. The largest absolute Gasteiger partial charge is 0.377 e. The van der Waals surface area contributed by atoms with Crippen molar-refractivity contribution in [2.75, 3.05) is 57.0 Å². The van der Waals surface area contributed by atoms with Crippen LogP contribution in [0, 0.1) is 5.92 Å². The highest BCUT2D eigenvalue weighted by atomic mass is 32.2. The second kappa shape index (κ2) is 8.84. The lowest BCUT2D eigenvalue weighted by Crippen LogP contribution is -2.52. The highest BCUT2D eigenvalue weighted by Gasteiger charge is 2.38. The first kappa shape index (κ1) is 19.7. The van der Waals surface area contributed by atoms with Crippen LogP contribution < -0.4 is 4.90 Å². The summed E-state index contributed by atoms with van der Waals surface area (Å²) < 4.78 is 5.72. The highest BCUT2D eigenvalue weighted by molar-refractivity contribution is 7.98. The van der Waals surface area contributed by atoms with Crippen LogP contribution in [0.25, 0.3) is 0 Å². The van der Waals surface area contributed by atoms with E-state index in [0.717, 1.165) is 57.9 Å². The topological polar surface area (TPSA) is 53.1 Å². The average molecular weight is 404 g/mol. The average Bonchev–Trinajstić information content (AvgIpc) is 3.38. The van der Waals surface area contributed by atoms with Gasteiger partial charge in [0.1, 0.15) is 0 Å². The van der Waals surface area contributed by atoms with Crippen molar-refractivity contribution < 1.29 is 14.3 Å². The maximum atomic E-state index is 13.0. The second-order valence-corrected chi connectivity index (χ2v) is 8.74. The summed E-state index contributed by atoms with van der Waals surface area (Å²) in [6.07, 6.45) is 5.03. The molecule has 3 aliphatic heterocycles. The molecule has 1 aromatic carbocycles. The Labute approximate surface area is 171 Å². The Bertz CT molecular complexity index is 697. The lowest BCUT2D eigenvalue weighted by atomic mass is 10.1. The minimum absolute atomic E-state index is 0.0484. The first-order chi connectivity index (χ1) is 13.6. The number of benzene rings is 1. The van der Waals surface area contributed by atoms with E-state index < -0.39 is 0 Å². The summed E-state index contributed by atoms with van der Waals surface area (Å²) in [5.74, 6) is -0.0435. The van der Waals surface area contributed by atoms with E-state index in [1.807, 2.05) is 35.4 Å². The van der Waals surface area contributed by atoms with Crippen LogP contribution in [0.3, 0.4) is 0 Å². The fraction of sp³-hybridized carbons (Fsp3) is 0.619. The van der Waals surface area contributed by atoms with Gasteiger partial charge in [-0.25, -0.2) is 0 Å². The molecule has 7 heteroatoms. The Kier molecular flexibility index (Phi) is 6.23. The van der Waals surface area contributed by atoms with Gasteiger partial charge in [0, 0.05) is 62.9 Å². The standard InChI is InChI=1S/C21H29N3O3S/c1-28-19-6-4-17(5-7-19)24-14-16(13-20(24)25)21(26)23-10-8-22(9-11-23)15-18-3-2-12-27-18/h4-7,16,18H,2-3,8-15H2,1H3. The van der Waals surface area contributed by atoms with Crippen molar-refractivity contribution in [2.24, 2.45) is 5.92 Å². The number of rotatable bonds is 5. The molecule has 0 spiro atoms. The minimum Gasteiger partial charge on any atom is -0.377 e. The predicted octanol–water partition coefficient (Wildman–Crippen LogP) is 2.08. The van der Waals surface area contributed by atoms with E-state index in [2.05, 4.69) is 4.90 Å². The molecule has 3 fully saturated rings. The number of anilines is 1. The maximum Gasteiger partial charge on any atom is 0.228 e. The molecule has 0 bridgehead atoms. The van der Waals surface area contributed by atoms with Gasteiger partial charge in [0.05, 0.1) is 12.0 Å². The molecule has 3 aliphatic rings. The molecule has 2 unspecified atom stereocenters. The number of nitrogens with zero attached hydrogens (tertiary/aromatic N) is 3. The maximum absolute atomic E-state index is 13.0. The molecule has 4 rings (SSSR count). The Morgan fingerprint density at radius 3 is 2.57 bits per heavy atom. The molecule has 2 amide bonds. The lowest BCUT2D eigenvalue weighted by Gasteiger charge is -2.36. The molecule has 0 aliphatic carbocycles. The Morgan fingerprint density at radius 2 is 1.93 bits per heavy atom. The summed E-state index contributed by atoms with van der Waals surface area (Å²) in [4.78, 5) is 32.8. The van der Waals surface area contributed by atoms with Crippen LogP contribution in [0.15, 0.2) is 29.2 Å². The van der Waals surface area contributed by atoms with Crippen LogP contribution in [0.2, 0.25) is 0 Å². The zero-order valence-corrected chi connectivity index (χ0v) is 17.3. The summed E-state index contributed by atoms with van der Waals surface area (Å²) in [6.45, 7) is 5.64. The normalized spacial score (nSPS) is 26.2. The van der Waals surface area contributed by atoms with E-state index in [1.54, 1.807) is 16.7 Å². The van der Waals surface area contributed by atoms with Crippen LogP contribution in [0.4, 0.5) is 5.69 Å². The van der Waals surface area contributed by atoms with Crippen molar-refractivity contribution in [1.29, 1.82) is 0 Å². The molecule has 0 N–H and O–H groups in total. The summed E-state index contributed by atoms with van der Waals surface area (Å²) in [5, 5.41) is 0. The van der Waals surface area contributed by atoms with E-state index in [-0.39, 0.29) is 17.7 Å². The van der Waals surface area contributed by atoms with Gasteiger partial charge in [-0.15, -0.1) is 11.8 Å². The van der Waals surface area contributed by atoms with E-state index in [0.29, 0.717) is 19.1 Å². The Hall–Kier alpha value is -1.57. The van der Waals surface area contributed by atoms with Crippen molar-refractivity contribution in [3.8, 4) is 0 Å². The van der Waals surface area contributed by atoms with Gasteiger partial charge in [-0.1, -0.05) is 0 Å². The van der Waals surface area contributed by atoms with Crippen LogP contribution in [-0.2, 0) is 14.3 Å². The minimum atomic E-state index is -0.225. The Balaban J connectivity index is 1.29. The molecule has 152 valence electrons. The quantitative estimate of drug-likeness (QED) is 0.705.